The van der Waals surface area contributed by atoms with Gasteiger partial charge in [0.2, 0.25) is 0 Å². The Balaban J connectivity index is 4.01. The van der Waals surface area contributed by atoms with Crippen molar-refractivity contribution in [3.8, 4) is 0 Å². The molecule has 110 valence electrons. The zero-order valence-corrected chi connectivity index (χ0v) is 13.0. The molecule has 18 heavy (non-hydrogen) atoms. The van der Waals surface area contributed by atoms with Gasteiger partial charge in [0, 0.05) is 0 Å². The van der Waals surface area contributed by atoms with Crippen molar-refractivity contribution < 1.29 is 14.6 Å². The molecule has 0 radical (unpaired) electrons. The van der Waals surface area contributed by atoms with Crippen molar-refractivity contribution >= 4 is 0 Å². The van der Waals surface area contributed by atoms with Crippen LogP contribution in [0.5, 0.6) is 0 Å². The summed E-state index contributed by atoms with van der Waals surface area (Å²) in [5.41, 5.74) is 0.201. The minimum absolute atomic E-state index is 0.0598. The molecule has 0 saturated carbocycles. The molecule has 0 aliphatic rings. The number of rotatable bonds is 10. The van der Waals surface area contributed by atoms with Crippen LogP contribution in [-0.2, 0) is 9.47 Å². The standard InChI is InChI=1S/C15H32O3/c1-7-8-9-15(5,6)14(4)18-13(3)11-17-12(2)10-16/h12-14,16H,7-11H2,1-6H3. The summed E-state index contributed by atoms with van der Waals surface area (Å²) in [4.78, 5) is 0. The van der Waals surface area contributed by atoms with E-state index < -0.39 is 0 Å². The Hall–Kier alpha value is -0.120. The van der Waals surface area contributed by atoms with Crippen molar-refractivity contribution in [3.05, 3.63) is 0 Å². The monoisotopic (exact) mass is 260 g/mol. The summed E-state index contributed by atoms with van der Waals surface area (Å²) in [6.45, 7) is 13.4. The smallest absolute Gasteiger partial charge is 0.0784 e. The van der Waals surface area contributed by atoms with Crippen LogP contribution >= 0.6 is 0 Å². The average molecular weight is 260 g/mol. The average Bonchev–Trinajstić information content (AvgIpc) is 2.33. The van der Waals surface area contributed by atoms with Gasteiger partial charge in [-0.05, 0) is 32.6 Å². The van der Waals surface area contributed by atoms with E-state index in [1.165, 1.54) is 19.3 Å². The van der Waals surface area contributed by atoms with Crippen molar-refractivity contribution in [2.45, 2.75) is 79.1 Å². The van der Waals surface area contributed by atoms with Crippen molar-refractivity contribution in [1.29, 1.82) is 0 Å². The van der Waals surface area contributed by atoms with E-state index >= 15 is 0 Å². The summed E-state index contributed by atoms with van der Waals surface area (Å²) in [6, 6.07) is 0. The normalized spacial score (nSPS) is 17.5. The molecule has 0 aromatic rings. The van der Waals surface area contributed by atoms with Gasteiger partial charge in [-0.2, -0.15) is 0 Å². The molecule has 0 amide bonds. The van der Waals surface area contributed by atoms with Crippen LogP contribution in [0.1, 0.15) is 60.8 Å². The fourth-order valence-electron chi connectivity index (χ4n) is 1.76. The highest BCUT2D eigenvalue weighted by Crippen LogP contribution is 2.30. The second-order valence-electron chi connectivity index (χ2n) is 6.01. The Morgan fingerprint density at radius 2 is 1.72 bits per heavy atom. The summed E-state index contributed by atoms with van der Waals surface area (Å²) in [6.07, 6.45) is 3.82. The van der Waals surface area contributed by atoms with Crippen LogP contribution < -0.4 is 0 Å². The molecule has 3 nitrogen and oxygen atoms in total. The van der Waals surface area contributed by atoms with Crippen molar-refractivity contribution in [1.82, 2.24) is 0 Å². The predicted octanol–water partition coefficient (Wildman–Crippen LogP) is 3.39. The summed E-state index contributed by atoms with van der Waals surface area (Å²) < 4.78 is 11.5. The van der Waals surface area contributed by atoms with Gasteiger partial charge in [0.05, 0.1) is 31.5 Å². The molecule has 1 N–H and O–H groups in total. The first-order chi connectivity index (χ1) is 8.33. The molecule has 0 aromatic heterocycles. The first kappa shape index (κ1) is 17.9. The molecule has 0 rings (SSSR count). The Morgan fingerprint density at radius 3 is 2.22 bits per heavy atom. The molecule has 0 aliphatic carbocycles. The number of unbranched alkanes of at least 4 members (excludes halogenated alkanes) is 1. The quantitative estimate of drug-likeness (QED) is 0.654. The molecule has 0 aliphatic heterocycles. The minimum atomic E-state index is -0.112. The number of ether oxygens (including phenoxy) is 2. The fraction of sp³-hybridized carbons (Fsp3) is 1.00. The van der Waals surface area contributed by atoms with E-state index in [9.17, 15) is 0 Å². The van der Waals surface area contributed by atoms with E-state index in [1.807, 2.05) is 13.8 Å². The summed E-state index contributed by atoms with van der Waals surface area (Å²) in [7, 11) is 0. The van der Waals surface area contributed by atoms with E-state index in [2.05, 4.69) is 27.7 Å². The highest BCUT2D eigenvalue weighted by Gasteiger charge is 2.27. The van der Waals surface area contributed by atoms with E-state index in [4.69, 9.17) is 14.6 Å². The highest BCUT2D eigenvalue weighted by molar-refractivity contribution is 4.76. The van der Waals surface area contributed by atoms with Gasteiger partial charge in [-0.25, -0.2) is 0 Å². The third kappa shape index (κ3) is 7.34. The minimum Gasteiger partial charge on any atom is -0.394 e. The van der Waals surface area contributed by atoms with Crippen LogP contribution in [0.25, 0.3) is 0 Å². The van der Waals surface area contributed by atoms with Gasteiger partial charge in [-0.1, -0.05) is 33.6 Å². The lowest BCUT2D eigenvalue weighted by molar-refractivity contribution is -0.100. The molecule has 3 heteroatoms. The van der Waals surface area contributed by atoms with E-state index in [0.717, 1.165) is 0 Å². The van der Waals surface area contributed by atoms with Gasteiger partial charge in [-0.3, -0.25) is 0 Å². The van der Waals surface area contributed by atoms with Crippen LogP contribution in [0.4, 0.5) is 0 Å². The van der Waals surface area contributed by atoms with Crippen molar-refractivity contribution in [2.75, 3.05) is 13.2 Å². The number of hydrogen-bond donors (Lipinski definition) is 1. The van der Waals surface area contributed by atoms with Gasteiger partial charge >= 0.3 is 0 Å². The second kappa shape index (κ2) is 8.89. The van der Waals surface area contributed by atoms with Crippen LogP contribution in [0, 0.1) is 5.41 Å². The first-order valence-corrected chi connectivity index (χ1v) is 7.21. The zero-order chi connectivity index (χ0) is 14.2. The molecule has 0 saturated heterocycles. The molecule has 3 atom stereocenters. The van der Waals surface area contributed by atoms with Crippen molar-refractivity contribution in [3.63, 3.8) is 0 Å². The fourth-order valence-corrected chi connectivity index (χ4v) is 1.76. The topological polar surface area (TPSA) is 38.7 Å². The van der Waals surface area contributed by atoms with Crippen LogP contribution in [0.2, 0.25) is 0 Å². The molecule has 3 unspecified atom stereocenters. The predicted molar refractivity (Wildman–Crippen MR) is 75.8 cm³/mol. The largest absolute Gasteiger partial charge is 0.394 e. The van der Waals surface area contributed by atoms with E-state index in [1.54, 1.807) is 0 Å². The van der Waals surface area contributed by atoms with Crippen LogP contribution in [-0.4, -0.2) is 36.6 Å². The maximum atomic E-state index is 8.89. The van der Waals surface area contributed by atoms with E-state index in [-0.39, 0.29) is 30.3 Å². The molecule has 0 fully saturated rings. The molecule has 0 bridgehead atoms. The van der Waals surface area contributed by atoms with Crippen LogP contribution in [0.15, 0.2) is 0 Å². The maximum absolute atomic E-state index is 8.89. The Bertz CT molecular complexity index is 204. The zero-order valence-electron chi connectivity index (χ0n) is 13.0. The number of aliphatic hydroxyl groups is 1. The summed E-state index contributed by atoms with van der Waals surface area (Å²) in [5, 5.41) is 8.89. The SMILES string of the molecule is CCCCC(C)(C)C(C)OC(C)COC(C)CO. The second-order valence-corrected chi connectivity index (χ2v) is 6.01. The first-order valence-electron chi connectivity index (χ1n) is 7.21. The Labute approximate surface area is 113 Å². The number of hydrogen-bond acceptors (Lipinski definition) is 3. The van der Waals surface area contributed by atoms with Crippen molar-refractivity contribution in [2.24, 2.45) is 5.41 Å². The van der Waals surface area contributed by atoms with Gasteiger partial charge in [0.25, 0.3) is 0 Å². The number of aliphatic hydroxyl groups excluding tert-OH is 1. The molecule has 0 heterocycles. The van der Waals surface area contributed by atoms with E-state index in [0.29, 0.717) is 6.61 Å². The Kier molecular flexibility index (Phi) is 8.83. The Morgan fingerprint density at radius 1 is 1.11 bits per heavy atom. The maximum Gasteiger partial charge on any atom is 0.0784 e. The van der Waals surface area contributed by atoms with Crippen LogP contribution in [0.3, 0.4) is 0 Å². The third-order valence-corrected chi connectivity index (χ3v) is 3.58. The lowest BCUT2D eigenvalue weighted by Crippen LogP contribution is -2.34. The molecular formula is C15H32O3. The molecule has 0 spiro atoms. The van der Waals surface area contributed by atoms with Gasteiger partial charge < -0.3 is 14.6 Å². The lowest BCUT2D eigenvalue weighted by atomic mass is 9.82. The van der Waals surface area contributed by atoms with Gasteiger partial charge in [0.15, 0.2) is 0 Å². The summed E-state index contributed by atoms with van der Waals surface area (Å²) >= 11 is 0. The third-order valence-electron chi connectivity index (χ3n) is 3.58. The van der Waals surface area contributed by atoms with Gasteiger partial charge in [0.1, 0.15) is 0 Å². The molecular weight excluding hydrogens is 228 g/mol. The van der Waals surface area contributed by atoms with Gasteiger partial charge in [-0.15, -0.1) is 0 Å². The highest BCUT2D eigenvalue weighted by atomic mass is 16.5. The molecule has 0 aromatic carbocycles. The summed E-state index contributed by atoms with van der Waals surface area (Å²) in [5.74, 6) is 0. The lowest BCUT2D eigenvalue weighted by Gasteiger charge is -2.34.